The lowest BCUT2D eigenvalue weighted by atomic mass is 10.2. The van der Waals surface area contributed by atoms with Crippen molar-refractivity contribution in [1.29, 1.82) is 0 Å². The summed E-state index contributed by atoms with van der Waals surface area (Å²) in [7, 11) is 0. The number of piperazine rings is 1. The standard InChI is InChI=1S/C14H17N3O3/c18-13-9-17(10-14(19)15-13)12-3-1-11(2-4-12)16-5-7-20-8-6-16/h1-4H,5-10H2,(H,15,18,19). The van der Waals surface area contributed by atoms with Crippen LogP contribution in [0.2, 0.25) is 0 Å². The predicted molar refractivity (Wildman–Crippen MR) is 74.8 cm³/mol. The Labute approximate surface area is 117 Å². The largest absolute Gasteiger partial charge is 0.378 e. The van der Waals surface area contributed by atoms with Crippen molar-refractivity contribution in [2.24, 2.45) is 0 Å². The molecule has 2 aliphatic rings. The van der Waals surface area contributed by atoms with Crippen molar-refractivity contribution in [2.45, 2.75) is 0 Å². The lowest BCUT2D eigenvalue weighted by Crippen LogP contribution is -2.51. The molecule has 1 N–H and O–H groups in total. The molecule has 0 bridgehead atoms. The second kappa shape index (κ2) is 5.50. The summed E-state index contributed by atoms with van der Waals surface area (Å²) < 4.78 is 5.33. The lowest BCUT2D eigenvalue weighted by molar-refractivity contribution is -0.130. The molecule has 20 heavy (non-hydrogen) atoms. The minimum Gasteiger partial charge on any atom is -0.378 e. The van der Waals surface area contributed by atoms with E-state index >= 15 is 0 Å². The highest BCUT2D eigenvalue weighted by molar-refractivity contribution is 6.02. The Balaban J connectivity index is 1.72. The molecule has 2 saturated heterocycles. The van der Waals surface area contributed by atoms with Crippen LogP contribution in [0.4, 0.5) is 11.4 Å². The fourth-order valence-corrected chi connectivity index (χ4v) is 2.52. The van der Waals surface area contributed by atoms with Crippen molar-refractivity contribution in [3.63, 3.8) is 0 Å². The summed E-state index contributed by atoms with van der Waals surface area (Å²) in [6.45, 7) is 3.74. The number of ether oxygens (including phenoxy) is 1. The maximum absolute atomic E-state index is 11.4. The number of rotatable bonds is 2. The summed E-state index contributed by atoms with van der Waals surface area (Å²) in [5.41, 5.74) is 2.04. The number of amides is 2. The summed E-state index contributed by atoms with van der Waals surface area (Å²) in [4.78, 5) is 26.8. The van der Waals surface area contributed by atoms with E-state index in [1.807, 2.05) is 24.3 Å². The van der Waals surface area contributed by atoms with Crippen LogP contribution in [0.3, 0.4) is 0 Å². The number of hydrogen-bond acceptors (Lipinski definition) is 5. The van der Waals surface area contributed by atoms with Crippen LogP contribution in [-0.2, 0) is 14.3 Å². The fraction of sp³-hybridized carbons (Fsp3) is 0.429. The van der Waals surface area contributed by atoms with Crippen LogP contribution in [0.15, 0.2) is 24.3 Å². The number of hydrogen-bond donors (Lipinski definition) is 1. The molecule has 0 atom stereocenters. The summed E-state index contributed by atoms with van der Waals surface area (Å²) in [6.07, 6.45) is 0. The van der Waals surface area contributed by atoms with Crippen molar-refractivity contribution in [3.05, 3.63) is 24.3 Å². The molecule has 2 fully saturated rings. The van der Waals surface area contributed by atoms with Gasteiger partial charge < -0.3 is 14.5 Å². The number of benzene rings is 1. The van der Waals surface area contributed by atoms with Gasteiger partial charge in [-0.3, -0.25) is 14.9 Å². The van der Waals surface area contributed by atoms with E-state index in [0.717, 1.165) is 37.7 Å². The number of nitrogens with zero attached hydrogens (tertiary/aromatic N) is 2. The maximum Gasteiger partial charge on any atom is 0.246 e. The van der Waals surface area contributed by atoms with Gasteiger partial charge in [0.1, 0.15) is 0 Å². The van der Waals surface area contributed by atoms with Gasteiger partial charge in [0.25, 0.3) is 0 Å². The topological polar surface area (TPSA) is 61.9 Å². The molecule has 0 saturated carbocycles. The molecule has 2 amide bonds. The van der Waals surface area contributed by atoms with Crippen LogP contribution in [-0.4, -0.2) is 51.2 Å². The van der Waals surface area contributed by atoms with Gasteiger partial charge in [-0.15, -0.1) is 0 Å². The molecule has 6 heteroatoms. The van der Waals surface area contributed by atoms with Crippen molar-refractivity contribution in [3.8, 4) is 0 Å². The van der Waals surface area contributed by atoms with Crippen LogP contribution in [0.1, 0.15) is 0 Å². The molecule has 3 rings (SSSR count). The predicted octanol–water partition coefficient (Wildman–Crippen LogP) is -0.0140. The Morgan fingerprint density at radius 1 is 0.850 bits per heavy atom. The van der Waals surface area contributed by atoms with Crippen LogP contribution in [0, 0.1) is 0 Å². The monoisotopic (exact) mass is 275 g/mol. The van der Waals surface area contributed by atoms with Gasteiger partial charge in [-0.25, -0.2) is 0 Å². The molecule has 2 heterocycles. The average Bonchev–Trinajstić information content (AvgIpc) is 2.47. The van der Waals surface area contributed by atoms with E-state index in [4.69, 9.17) is 4.74 Å². The highest BCUT2D eigenvalue weighted by atomic mass is 16.5. The Kier molecular flexibility index (Phi) is 3.56. The smallest absolute Gasteiger partial charge is 0.246 e. The number of anilines is 2. The summed E-state index contributed by atoms with van der Waals surface area (Å²) >= 11 is 0. The minimum absolute atomic E-state index is 0.225. The van der Waals surface area contributed by atoms with Gasteiger partial charge in [0.2, 0.25) is 11.8 Å². The Morgan fingerprint density at radius 2 is 1.35 bits per heavy atom. The van der Waals surface area contributed by atoms with Crippen molar-refractivity contribution >= 4 is 23.2 Å². The van der Waals surface area contributed by atoms with Crippen molar-refractivity contribution in [2.75, 3.05) is 49.2 Å². The van der Waals surface area contributed by atoms with Crippen LogP contribution in [0.5, 0.6) is 0 Å². The molecule has 0 spiro atoms. The number of carbonyl (C=O) groups excluding carboxylic acids is 2. The molecule has 0 aliphatic carbocycles. The molecule has 1 aromatic carbocycles. The van der Waals surface area contributed by atoms with Gasteiger partial charge in [-0.1, -0.05) is 0 Å². The zero-order chi connectivity index (χ0) is 13.9. The average molecular weight is 275 g/mol. The molecule has 0 unspecified atom stereocenters. The second-order valence-electron chi connectivity index (χ2n) is 4.94. The van der Waals surface area contributed by atoms with E-state index in [0.29, 0.717) is 0 Å². The minimum atomic E-state index is -0.251. The van der Waals surface area contributed by atoms with E-state index in [-0.39, 0.29) is 24.9 Å². The molecular weight excluding hydrogens is 258 g/mol. The molecule has 106 valence electrons. The molecule has 2 aliphatic heterocycles. The first-order valence-electron chi connectivity index (χ1n) is 6.73. The first-order chi connectivity index (χ1) is 9.72. The van der Waals surface area contributed by atoms with E-state index < -0.39 is 0 Å². The molecule has 1 aromatic rings. The summed E-state index contributed by atoms with van der Waals surface area (Å²) in [6, 6.07) is 7.96. The van der Waals surface area contributed by atoms with Gasteiger partial charge >= 0.3 is 0 Å². The van der Waals surface area contributed by atoms with Gasteiger partial charge in [0.15, 0.2) is 0 Å². The van der Waals surface area contributed by atoms with Crippen LogP contribution in [0.25, 0.3) is 0 Å². The van der Waals surface area contributed by atoms with Gasteiger partial charge in [-0.2, -0.15) is 0 Å². The van der Waals surface area contributed by atoms with Crippen molar-refractivity contribution in [1.82, 2.24) is 5.32 Å². The zero-order valence-corrected chi connectivity index (χ0v) is 11.2. The summed E-state index contributed by atoms with van der Waals surface area (Å²) in [5.74, 6) is -0.503. The summed E-state index contributed by atoms with van der Waals surface area (Å²) in [5, 5.41) is 2.30. The van der Waals surface area contributed by atoms with Crippen LogP contribution >= 0.6 is 0 Å². The Hall–Kier alpha value is -2.08. The number of carbonyl (C=O) groups is 2. The quantitative estimate of drug-likeness (QED) is 0.769. The molecule has 6 nitrogen and oxygen atoms in total. The Bertz CT molecular complexity index is 493. The fourth-order valence-electron chi connectivity index (χ4n) is 2.52. The molecule has 0 radical (unpaired) electrons. The SMILES string of the molecule is O=C1CN(c2ccc(N3CCOCC3)cc2)CC(=O)N1. The third-order valence-corrected chi connectivity index (χ3v) is 3.54. The third kappa shape index (κ3) is 2.75. The van der Waals surface area contributed by atoms with E-state index in [1.54, 1.807) is 4.90 Å². The normalized spacial score (nSPS) is 20.0. The molecular formula is C14H17N3O3. The highest BCUT2D eigenvalue weighted by Gasteiger charge is 2.22. The Morgan fingerprint density at radius 3 is 1.90 bits per heavy atom. The van der Waals surface area contributed by atoms with Gasteiger partial charge in [-0.05, 0) is 24.3 Å². The zero-order valence-electron chi connectivity index (χ0n) is 11.2. The number of nitrogens with one attached hydrogen (secondary N) is 1. The van der Waals surface area contributed by atoms with Crippen LogP contribution < -0.4 is 15.1 Å². The third-order valence-electron chi connectivity index (χ3n) is 3.54. The van der Waals surface area contributed by atoms with Crippen molar-refractivity contribution < 1.29 is 14.3 Å². The second-order valence-corrected chi connectivity index (χ2v) is 4.94. The van der Waals surface area contributed by atoms with E-state index in [2.05, 4.69) is 10.2 Å². The lowest BCUT2D eigenvalue weighted by Gasteiger charge is -2.30. The first kappa shape index (κ1) is 12.9. The highest BCUT2D eigenvalue weighted by Crippen LogP contribution is 2.22. The van der Waals surface area contributed by atoms with Gasteiger partial charge in [0.05, 0.1) is 26.3 Å². The molecule has 0 aromatic heterocycles. The first-order valence-corrected chi connectivity index (χ1v) is 6.73. The number of imide groups is 1. The van der Waals surface area contributed by atoms with Gasteiger partial charge in [0, 0.05) is 24.5 Å². The number of morpholine rings is 1. The van der Waals surface area contributed by atoms with E-state index in [9.17, 15) is 9.59 Å². The van der Waals surface area contributed by atoms with E-state index in [1.165, 1.54) is 0 Å². The maximum atomic E-state index is 11.4.